The van der Waals surface area contributed by atoms with Gasteiger partial charge in [0, 0.05) is 51.5 Å². The number of nitrogens with one attached hydrogen (secondary N) is 2. The molecule has 138 valence electrons. The van der Waals surface area contributed by atoms with Crippen molar-refractivity contribution in [1.29, 1.82) is 0 Å². The third kappa shape index (κ3) is 6.36. The summed E-state index contributed by atoms with van der Waals surface area (Å²) in [6.07, 6.45) is 5.55. The smallest absolute Gasteiger partial charge is 0.220 e. The van der Waals surface area contributed by atoms with E-state index < -0.39 is 0 Å². The molecule has 0 unspecified atom stereocenters. The largest absolute Gasteiger partial charge is 0.359 e. The fraction of sp³-hybridized carbons (Fsp3) is 0.632. The molecule has 1 aliphatic heterocycles. The van der Waals surface area contributed by atoms with Crippen LogP contribution in [0, 0.1) is 12.8 Å². The van der Waals surface area contributed by atoms with Gasteiger partial charge in [0.15, 0.2) is 5.96 Å². The number of hydrogen-bond acceptors (Lipinski definition) is 3. The number of pyridine rings is 1. The zero-order chi connectivity index (χ0) is 18.1. The molecule has 1 amide bonds. The quantitative estimate of drug-likeness (QED) is 0.609. The monoisotopic (exact) mass is 345 g/mol. The number of guanidine groups is 1. The first kappa shape index (κ1) is 19.2. The van der Waals surface area contributed by atoms with E-state index >= 15 is 0 Å². The van der Waals surface area contributed by atoms with E-state index in [2.05, 4.69) is 33.5 Å². The van der Waals surface area contributed by atoms with E-state index in [9.17, 15) is 4.79 Å². The molecule has 1 aliphatic rings. The minimum Gasteiger partial charge on any atom is -0.359 e. The number of nitrogens with zero attached hydrogens (tertiary/aromatic N) is 3. The highest BCUT2D eigenvalue weighted by atomic mass is 16.1. The zero-order valence-electron chi connectivity index (χ0n) is 15.7. The standard InChI is InChI=1S/C19H31N5O/c1-4-21-19(22-10-7-17-6-5-15(2)23-14-17)24-11-8-16(9-12-24)13-18(25)20-3/h5-6,14,16H,4,7-13H2,1-3H3,(H,20,25)(H,21,22). The molecule has 0 aromatic carbocycles. The van der Waals surface area contributed by atoms with Crippen molar-refractivity contribution >= 4 is 11.9 Å². The Labute approximate surface area is 151 Å². The first-order chi connectivity index (χ1) is 12.1. The van der Waals surface area contributed by atoms with Crippen LogP contribution in [0.4, 0.5) is 0 Å². The maximum absolute atomic E-state index is 11.5. The first-order valence-electron chi connectivity index (χ1n) is 9.27. The van der Waals surface area contributed by atoms with Gasteiger partial charge in [0.1, 0.15) is 0 Å². The van der Waals surface area contributed by atoms with E-state index in [-0.39, 0.29) is 5.91 Å². The Kier molecular flexibility index (Phi) is 7.70. The van der Waals surface area contributed by atoms with Gasteiger partial charge in [-0.15, -0.1) is 0 Å². The summed E-state index contributed by atoms with van der Waals surface area (Å²) in [5.74, 6) is 1.62. The van der Waals surface area contributed by atoms with Crippen molar-refractivity contribution in [3.8, 4) is 0 Å². The van der Waals surface area contributed by atoms with Crippen LogP contribution in [-0.4, -0.2) is 55.0 Å². The van der Waals surface area contributed by atoms with Crippen LogP contribution in [0.1, 0.15) is 37.4 Å². The fourth-order valence-electron chi connectivity index (χ4n) is 3.08. The molecule has 0 spiro atoms. The summed E-state index contributed by atoms with van der Waals surface area (Å²) < 4.78 is 0. The highest BCUT2D eigenvalue weighted by Crippen LogP contribution is 2.20. The molecule has 0 aliphatic carbocycles. The molecule has 0 radical (unpaired) electrons. The molecule has 0 atom stereocenters. The van der Waals surface area contributed by atoms with Gasteiger partial charge in [-0.25, -0.2) is 0 Å². The minimum absolute atomic E-state index is 0.144. The van der Waals surface area contributed by atoms with Crippen LogP contribution in [0.3, 0.4) is 0 Å². The minimum atomic E-state index is 0.144. The van der Waals surface area contributed by atoms with Crippen LogP contribution in [0.25, 0.3) is 0 Å². The summed E-state index contributed by atoms with van der Waals surface area (Å²) >= 11 is 0. The summed E-state index contributed by atoms with van der Waals surface area (Å²) in [6, 6.07) is 4.16. The van der Waals surface area contributed by atoms with Crippen molar-refractivity contribution in [2.75, 3.05) is 33.2 Å². The Bertz CT molecular complexity index is 562. The molecule has 6 nitrogen and oxygen atoms in total. The lowest BCUT2D eigenvalue weighted by Crippen LogP contribution is -2.46. The van der Waals surface area contributed by atoms with Gasteiger partial charge in [0.25, 0.3) is 0 Å². The van der Waals surface area contributed by atoms with Gasteiger partial charge in [0.05, 0.1) is 0 Å². The molecule has 2 heterocycles. The van der Waals surface area contributed by atoms with Gasteiger partial charge in [-0.1, -0.05) is 6.07 Å². The third-order valence-electron chi connectivity index (χ3n) is 4.64. The van der Waals surface area contributed by atoms with Crippen molar-refractivity contribution in [3.05, 3.63) is 29.6 Å². The number of carbonyl (C=O) groups excluding carboxylic acids is 1. The molecule has 0 saturated carbocycles. The van der Waals surface area contributed by atoms with Crippen molar-refractivity contribution in [1.82, 2.24) is 20.5 Å². The van der Waals surface area contributed by atoms with Crippen LogP contribution >= 0.6 is 0 Å². The molecular formula is C19H31N5O. The summed E-state index contributed by atoms with van der Waals surface area (Å²) in [6.45, 7) is 7.63. The maximum Gasteiger partial charge on any atom is 0.220 e. The second-order valence-corrected chi connectivity index (χ2v) is 6.60. The van der Waals surface area contributed by atoms with Crippen molar-refractivity contribution in [2.45, 2.75) is 39.5 Å². The summed E-state index contributed by atoms with van der Waals surface area (Å²) in [7, 11) is 1.71. The Morgan fingerprint density at radius 3 is 2.72 bits per heavy atom. The van der Waals surface area contributed by atoms with Gasteiger partial charge < -0.3 is 15.5 Å². The van der Waals surface area contributed by atoms with Crippen LogP contribution in [0.2, 0.25) is 0 Å². The molecule has 6 heteroatoms. The lowest BCUT2D eigenvalue weighted by molar-refractivity contribution is -0.121. The predicted octanol–water partition coefficient (Wildman–Crippen LogP) is 1.75. The van der Waals surface area contributed by atoms with Crippen LogP contribution in [0.5, 0.6) is 0 Å². The van der Waals surface area contributed by atoms with Crippen LogP contribution < -0.4 is 10.6 Å². The van der Waals surface area contributed by atoms with E-state index in [0.29, 0.717) is 12.3 Å². The van der Waals surface area contributed by atoms with Gasteiger partial charge in [-0.3, -0.25) is 14.8 Å². The summed E-state index contributed by atoms with van der Waals surface area (Å²) in [5.41, 5.74) is 2.26. The Balaban J connectivity index is 1.85. The van der Waals surface area contributed by atoms with Crippen LogP contribution in [0.15, 0.2) is 23.3 Å². The molecular weight excluding hydrogens is 314 g/mol. The van der Waals surface area contributed by atoms with E-state index in [4.69, 9.17) is 4.99 Å². The molecule has 2 rings (SSSR count). The van der Waals surface area contributed by atoms with E-state index in [0.717, 1.165) is 57.1 Å². The first-order valence-corrected chi connectivity index (χ1v) is 9.27. The predicted molar refractivity (Wildman–Crippen MR) is 102 cm³/mol. The van der Waals surface area contributed by atoms with Crippen molar-refractivity contribution in [3.63, 3.8) is 0 Å². The Morgan fingerprint density at radius 2 is 2.12 bits per heavy atom. The van der Waals surface area contributed by atoms with Gasteiger partial charge in [-0.05, 0) is 50.7 Å². The highest BCUT2D eigenvalue weighted by Gasteiger charge is 2.22. The Morgan fingerprint density at radius 1 is 1.36 bits per heavy atom. The number of amides is 1. The van der Waals surface area contributed by atoms with E-state index in [1.807, 2.05) is 19.2 Å². The topological polar surface area (TPSA) is 69.6 Å². The van der Waals surface area contributed by atoms with Gasteiger partial charge in [-0.2, -0.15) is 0 Å². The Hall–Kier alpha value is -2.11. The number of aliphatic imine (C=N–C) groups is 1. The number of carbonyl (C=O) groups is 1. The fourth-order valence-corrected chi connectivity index (χ4v) is 3.08. The lowest BCUT2D eigenvalue weighted by Gasteiger charge is -2.34. The molecule has 25 heavy (non-hydrogen) atoms. The van der Waals surface area contributed by atoms with Gasteiger partial charge >= 0.3 is 0 Å². The summed E-state index contributed by atoms with van der Waals surface area (Å²) in [4.78, 5) is 23.0. The normalized spacial score (nSPS) is 16.0. The number of likely N-dealkylation sites (tertiary alicyclic amines) is 1. The second-order valence-electron chi connectivity index (χ2n) is 6.60. The van der Waals surface area contributed by atoms with E-state index in [1.54, 1.807) is 7.05 Å². The maximum atomic E-state index is 11.5. The number of aromatic nitrogens is 1. The average molecular weight is 345 g/mol. The molecule has 1 fully saturated rings. The third-order valence-corrected chi connectivity index (χ3v) is 4.64. The molecule has 0 bridgehead atoms. The SMILES string of the molecule is CCNC(=NCCc1ccc(C)nc1)N1CCC(CC(=O)NC)CC1. The second kappa shape index (κ2) is 10.0. The number of rotatable bonds is 6. The zero-order valence-corrected chi connectivity index (χ0v) is 15.7. The number of piperidine rings is 1. The molecule has 1 saturated heterocycles. The highest BCUT2D eigenvalue weighted by molar-refractivity contribution is 5.80. The lowest BCUT2D eigenvalue weighted by atomic mass is 9.93. The summed E-state index contributed by atoms with van der Waals surface area (Å²) in [5, 5.41) is 6.12. The molecule has 2 N–H and O–H groups in total. The number of aryl methyl sites for hydroxylation is 1. The molecule has 1 aromatic rings. The van der Waals surface area contributed by atoms with E-state index in [1.165, 1.54) is 5.56 Å². The van der Waals surface area contributed by atoms with Gasteiger partial charge in [0.2, 0.25) is 5.91 Å². The number of hydrogen-bond donors (Lipinski definition) is 2. The average Bonchev–Trinajstić information content (AvgIpc) is 2.63. The van der Waals surface area contributed by atoms with Crippen molar-refractivity contribution < 1.29 is 4.79 Å². The van der Waals surface area contributed by atoms with Crippen molar-refractivity contribution in [2.24, 2.45) is 10.9 Å². The molecule has 1 aromatic heterocycles. The van der Waals surface area contributed by atoms with Crippen LogP contribution in [-0.2, 0) is 11.2 Å².